The number of nitrogens with zero attached hydrogens (tertiary/aromatic N) is 1. The van der Waals surface area contributed by atoms with Crippen molar-refractivity contribution in [2.45, 2.75) is 18.9 Å². The number of likely N-dealkylation sites (tertiary alicyclic amines) is 1. The van der Waals surface area contributed by atoms with Crippen LogP contribution >= 0.6 is 0 Å². The molecule has 1 aliphatic rings. The molecule has 1 atom stereocenters. The highest BCUT2D eigenvalue weighted by molar-refractivity contribution is 5.78. The molecule has 2 N–H and O–H groups in total. The highest BCUT2D eigenvalue weighted by Crippen LogP contribution is 2.07. The Kier molecular flexibility index (Phi) is 5.16. The molecule has 0 aromatic heterocycles. The summed E-state index contributed by atoms with van der Waals surface area (Å²) < 4.78 is 0. The maximum Gasteiger partial charge on any atom is 0.234 e. The third-order valence-corrected chi connectivity index (χ3v) is 2.50. The van der Waals surface area contributed by atoms with Crippen molar-refractivity contribution in [2.24, 2.45) is 0 Å². The fourth-order valence-electron chi connectivity index (χ4n) is 1.81. The zero-order valence-electron chi connectivity index (χ0n) is 9.25. The zero-order chi connectivity index (χ0) is 11.1. The van der Waals surface area contributed by atoms with Crippen LogP contribution in [0.4, 0.5) is 0 Å². The number of carbonyl (C=O) groups excluding carboxylic acids is 1. The van der Waals surface area contributed by atoms with Crippen LogP contribution in [0.2, 0.25) is 0 Å². The van der Waals surface area contributed by atoms with Crippen molar-refractivity contribution in [3.8, 4) is 12.3 Å². The first kappa shape index (κ1) is 12.0. The van der Waals surface area contributed by atoms with Gasteiger partial charge in [-0.05, 0) is 26.4 Å². The molecule has 15 heavy (non-hydrogen) atoms. The second-order valence-corrected chi connectivity index (χ2v) is 3.98. The molecule has 1 fully saturated rings. The summed E-state index contributed by atoms with van der Waals surface area (Å²) in [5, 5.41) is 5.87. The van der Waals surface area contributed by atoms with Gasteiger partial charge in [0, 0.05) is 12.6 Å². The predicted octanol–water partition coefficient (Wildman–Crippen LogP) is -0.580. The van der Waals surface area contributed by atoms with Crippen molar-refractivity contribution in [3.63, 3.8) is 0 Å². The molecule has 0 spiro atoms. The number of terminal acetylenes is 1. The predicted molar refractivity (Wildman–Crippen MR) is 60.4 cm³/mol. The number of likely N-dealkylation sites (N-methyl/N-ethyl adjacent to an activating group) is 1. The van der Waals surface area contributed by atoms with Gasteiger partial charge in [-0.3, -0.25) is 10.1 Å². The van der Waals surface area contributed by atoms with Crippen LogP contribution in [-0.2, 0) is 4.79 Å². The summed E-state index contributed by atoms with van der Waals surface area (Å²) in [6.45, 7) is 2.82. The Hall–Kier alpha value is -1.05. The minimum atomic E-state index is 0.0329. The Morgan fingerprint density at radius 3 is 3.13 bits per heavy atom. The van der Waals surface area contributed by atoms with Crippen LogP contribution in [0, 0.1) is 12.3 Å². The van der Waals surface area contributed by atoms with Crippen molar-refractivity contribution < 1.29 is 4.79 Å². The SMILES string of the molecule is C#CCNCC(=O)NC1CCCN(C)C1. The summed E-state index contributed by atoms with van der Waals surface area (Å²) in [4.78, 5) is 13.7. The van der Waals surface area contributed by atoms with Gasteiger partial charge in [-0.25, -0.2) is 0 Å². The Balaban J connectivity index is 2.16. The Bertz CT molecular complexity index is 247. The molecule has 0 aliphatic carbocycles. The minimum absolute atomic E-state index is 0.0329. The summed E-state index contributed by atoms with van der Waals surface area (Å²) >= 11 is 0. The van der Waals surface area contributed by atoms with Crippen LogP contribution in [-0.4, -0.2) is 50.1 Å². The van der Waals surface area contributed by atoms with Gasteiger partial charge in [0.2, 0.25) is 5.91 Å². The summed E-state index contributed by atoms with van der Waals surface area (Å²) in [6, 6.07) is 0.295. The molecule has 1 aliphatic heterocycles. The Morgan fingerprint density at radius 1 is 1.67 bits per heavy atom. The molecule has 1 amide bonds. The highest BCUT2D eigenvalue weighted by Gasteiger charge is 2.18. The zero-order valence-corrected chi connectivity index (χ0v) is 9.25. The van der Waals surface area contributed by atoms with Crippen molar-refractivity contribution in [3.05, 3.63) is 0 Å². The molecule has 0 radical (unpaired) electrons. The smallest absolute Gasteiger partial charge is 0.234 e. The number of nitrogens with one attached hydrogen (secondary N) is 2. The molecule has 1 heterocycles. The molecule has 0 aromatic rings. The van der Waals surface area contributed by atoms with Crippen LogP contribution in [0.3, 0.4) is 0 Å². The number of amides is 1. The standard InChI is InChI=1S/C11H19N3O/c1-3-6-12-8-11(15)13-10-5-4-7-14(2)9-10/h1,10,12H,4-9H2,2H3,(H,13,15). The van der Waals surface area contributed by atoms with E-state index < -0.39 is 0 Å². The first-order chi connectivity index (χ1) is 7.22. The largest absolute Gasteiger partial charge is 0.351 e. The van der Waals surface area contributed by atoms with Gasteiger partial charge in [0.15, 0.2) is 0 Å². The van der Waals surface area contributed by atoms with Gasteiger partial charge < -0.3 is 10.2 Å². The van der Waals surface area contributed by atoms with E-state index in [1.165, 1.54) is 0 Å². The molecular weight excluding hydrogens is 190 g/mol. The van der Waals surface area contributed by atoms with Crippen molar-refractivity contribution in [1.82, 2.24) is 15.5 Å². The van der Waals surface area contributed by atoms with Gasteiger partial charge in [0.05, 0.1) is 13.1 Å². The Morgan fingerprint density at radius 2 is 2.47 bits per heavy atom. The molecule has 1 rings (SSSR count). The fourth-order valence-corrected chi connectivity index (χ4v) is 1.81. The lowest BCUT2D eigenvalue weighted by Gasteiger charge is -2.30. The lowest BCUT2D eigenvalue weighted by molar-refractivity contribution is -0.121. The number of hydrogen-bond donors (Lipinski definition) is 2. The van der Waals surface area contributed by atoms with E-state index in [-0.39, 0.29) is 5.91 Å². The quantitative estimate of drug-likeness (QED) is 0.481. The van der Waals surface area contributed by atoms with Gasteiger partial charge >= 0.3 is 0 Å². The van der Waals surface area contributed by atoms with Gasteiger partial charge in [0.1, 0.15) is 0 Å². The average Bonchev–Trinajstić information content (AvgIpc) is 2.18. The van der Waals surface area contributed by atoms with Crippen LogP contribution < -0.4 is 10.6 Å². The van der Waals surface area contributed by atoms with Crippen molar-refractivity contribution in [1.29, 1.82) is 0 Å². The molecule has 0 saturated carbocycles. The van der Waals surface area contributed by atoms with Gasteiger partial charge in [0.25, 0.3) is 0 Å². The third kappa shape index (κ3) is 4.82. The van der Waals surface area contributed by atoms with E-state index in [1.54, 1.807) is 0 Å². The van der Waals surface area contributed by atoms with Crippen molar-refractivity contribution >= 4 is 5.91 Å². The Labute approximate surface area is 91.4 Å². The van der Waals surface area contributed by atoms with E-state index in [9.17, 15) is 4.79 Å². The fraction of sp³-hybridized carbons (Fsp3) is 0.727. The highest BCUT2D eigenvalue weighted by atomic mass is 16.2. The van der Waals surface area contributed by atoms with Crippen molar-refractivity contribution in [2.75, 3.05) is 33.2 Å². The van der Waals surface area contributed by atoms with Crippen LogP contribution in [0.25, 0.3) is 0 Å². The van der Waals surface area contributed by atoms with E-state index in [0.29, 0.717) is 19.1 Å². The second-order valence-electron chi connectivity index (χ2n) is 3.98. The van der Waals surface area contributed by atoms with Gasteiger partial charge in [-0.15, -0.1) is 6.42 Å². The maximum atomic E-state index is 11.4. The minimum Gasteiger partial charge on any atom is -0.351 e. The molecule has 1 saturated heterocycles. The van der Waals surface area contributed by atoms with Crippen LogP contribution in [0.5, 0.6) is 0 Å². The lowest BCUT2D eigenvalue weighted by Crippen LogP contribution is -2.48. The van der Waals surface area contributed by atoms with Gasteiger partial charge in [-0.1, -0.05) is 5.92 Å². The van der Waals surface area contributed by atoms with Crippen LogP contribution in [0.15, 0.2) is 0 Å². The third-order valence-electron chi connectivity index (χ3n) is 2.50. The number of piperidine rings is 1. The number of hydrogen-bond acceptors (Lipinski definition) is 3. The van der Waals surface area contributed by atoms with E-state index in [1.807, 2.05) is 0 Å². The second kappa shape index (κ2) is 6.44. The normalized spacial score (nSPS) is 22.0. The van der Waals surface area contributed by atoms with Gasteiger partial charge in [-0.2, -0.15) is 0 Å². The summed E-state index contributed by atoms with van der Waals surface area (Å²) in [6.07, 6.45) is 7.29. The molecule has 1 unspecified atom stereocenters. The molecule has 4 nitrogen and oxygen atoms in total. The monoisotopic (exact) mass is 209 g/mol. The molecule has 4 heteroatoms. The van der Waals surface area contributed by atoms with E-state index in [2.05, 4.69) is 28.5 Å². The summed E-state index contributed by atoms with van der Waals surface area (Å²) in [7, 11) is 2.08. The molecule has 0 bridgehead atoms. The molecule has 0 aromatic carbocycles. The maximum absolute atomic E-state index is 11.4. The lowest BCUT2D eigenvalue weighted by atomic mass is 10.1. The average molecular weight is 209 g/mol. The number of rotatable bonds is 4. The summed E-state index contributed by atoms with van der Waals surface area (Å²) in [5.74, 6) is 2.47. The molecule has 84 valence electrons. The molecular formula is C11H19N3O. The van der Waals surface area contributed by atoms with E-state index in [0.717, 1.165) is 25.9 Å². The first-order valence-electron chi connectivity index (χ1n) is 5.34. The van der Waals surface area contributed by atoms with E-state index >= 15 is 0 Å². The summed E-state index contributed by atoms with van der Waals surface area (Å²) in [5.41, 5.74) is 0. The van der Waals surface area contributed by atoms with Crippen LogP contribution in [0.1, 0.15) is 12.8 Å². The number of carbonyl (C=O) groups is 1. The topological polar surface area (TPSA) is 44.4 Å². The van der Waals surface area contributed by atoms with E-state index in [4.69, 9.17) is 6.42 Å². The first-order valence-corrected chi connectivity index (χ1v) is 5.34.